The average Bonchev–Trinajstić information content (AvgIpc) is 3.03. The number of carboxylic acid groups (broad SMARTS) is 1. The molecule has 2 fully saturated rings. The Morgan fingerprint density at radius 3 is 2.29 bits per heavy atom. The van der Waals surface area contributed by atoms with Gasteiger partial charge in [0.15, 0.2) is 0 Å². The molecule has 1 amide bonds. The lowest BCUT2D eigenvalue weighted by molar-refractivity contribution is -0.147. The minimum absolute atomic E-state index is 0.0757. The van der Waals surface area contributed by atoms with E-state index in [0.29, 0.717) is 5.92 Å². The number of carbonyl (C=O) groups is 2. The van der Waals surface area contributed by atoms with Crippen LogP contribution < -0.4 is 0 Å². The number of aliphatic carboxylic acids is 1. The summed E-state index contributed by atoms with van der Waals surface area (Å²) in [5.74, 6) is -0.275. The predicted octanol–water partition coefficient (Wildman–Crippen LogP) is 1.89. The molecular weight excluding hydrogens is 218 g/mol. The SMILES string of the molecule is C[C@H]1C[C@H]1C(=O)N(CC(=O)O)C1CCCCC1. The van der Waals surface area contributed by atoms with Crippen molar-refractivity contribution in [1.82, 2.24) is 4.90 Å². The van der Waals surface area contributed by atoms with E-state index in [1.807, 2.05) is 0 Å². The quantitative estimate of drug-likeness (QED) is 0.815. The maximum absolute atomic E-state index is 12.2. The second-order valence-electron chi connectivity index (χ2n) is 5.47. The van der Waals surface area contributed by atoms with E-state index >= 15 is 0 Å². The minimum Gasteiger partial charge on any atom is -0.480 e. The Labute approximate surface area is 102 Å². The summed E-state index contributed by atoms with van der Waals surface area (Å²) in [5.41, 5.74) is 0. The van der Waals surface area contributed by atoms with Crippen molar-refractivity contribution in [1.29, 1.82) is 0 Å². The number of carbonyl (C=O) groups excluding carboxylic acids is 1. The number of rotatable bonds is 4. The lowest BCUT2D eigenvalue weighted by atomic mass is 9.94. The molecule has 0 aromatic rings. The maximum atomic E-state index is 12.2. The maximum Gasteiger partial charge on any atom is 0.323 e. The van der Waals surface area contributed by atoms with Crippen LogP contribution in [0.25, 0.3) is 0 Å². The Morgan fingerprint density at radius 2 is 1.82 bits per heavy atom. The van der Waals surface area contributed by atoms with Gasteiger partial charge in [-0.15, -0.1) is 0 Å². The third kappa shape index (κ3) is 2.99. The van der Waals surface area contributed by atoms with Crippen LogP contribution in [0.1, 0.15) is 45.4 Å². The fraction of sp³-hybridized carbons (Fsp3) is 0.846. The third-order valence-electron chi connectivity index (χ3n) is 4.03. The fourth-order valence-electron chi connectivity index (χ4n) is 2.80. The topological polar surface area (TPSA) is 57.6 Å². The molecular formula is C13H21NO3. The summed E-state index contributed by atoms with van der Waals surface area (Å²) in [5, 5.41) is 8.94. The highest BCUT2D eigenvalue weighted by Gasteiger charge is 2.43. The van der Waals surface area contributed by atoms with Crippen LogP contribution in [0, 0.1) is 11.8 Å². The van der Waals surface area contributed by atoms with E-state index in [-0.39, 0.29) is 24.4 Å². The van der Waals surface area contributed by atoms with Crippen LogP contribution in [0.4, 0.5) is 0 Å². The Bertz CT molecular complexity index is 310. The summed E-state index contributed by atoms with van der Waals surface area (Å²) in [6.07, 6.45) is 6.33. The fourth-order valence-corrected chi connectivity index (χ4v) is 2.80. The summed E-state index contributed by atoms with van der Waals surface area (Å²) in [6.45, 7) is 1.94. The molecule has 4 nitrogen and oxygen atoms in total. The van der Waals surface area contributed by atoms with E-state index in [1.165, 1.54) is 6.42 Å². The van der Waals surface area contributed by atoms with Crippen LogP contribution in [0.2, 0.25) is 0 Å². The standard InChI is InChI=1S/C13H21NO3/c1-9-7-11(9)13(17)14(8-12(15)16)10-5-3-2-4-6-10/h9-11H,2-8H2,1H3,(H,15,16)/t9-,11+/m0/s1. The molecule has 4 heteroatoms. The van der Waals surface area contributed by atoms with Gasteiger partial charge in [0.05, 0.1) is 0 Å². The third-order valence-corrected chi connectivity index (χ3v) is 4.03. The molecule has 0 radical (unpaired) electrons. The molecule has 96 valence electrons. The van der Waals surface area contributed by atoms with Crippen LogP contribution in [-0.2, 0) is 9.59 Å². The van der Waals surface area contributed by atoms with Crippen molar-refractivity contribution in [2.24, 2.45) is 11.8 Å². The Hall–Kier alpha value is -1.06. The first-order valence-corrected chi connectivity index (χ1v) is 6.62. The number of hydrogen-bond acceptors (Lipinski definition) is 2. The first-order valence-electron chi connectivity index (χ1n) is 6.62. The molecule has 0 spiro atoms. The molecule has 2 saturated carbocycles. The number of carboxylic acids is 1. The zero-order valence-corrected chi connectivity index (χ0v) is 10.4. The Balaban J connectivity index is 2.01. The second kappa shape index (κ2) is 5.07. The molecule has 1 N–H and O–H groups in total. The number of hydrogen-bond donors (Lipinski definition) is 1. The van der Waals surface area contributed by atoms with Crippen molar-refractivity contribution < 1.29 is 14.7 Å². The monoisotopic (exact) mass is 239 g/mol. The van der Waals surface area contributed by atoms with Crippen molar-refractivity contribution in [3.05, 3.63) is 0 Å². The van der Waals surface area contributed by atoms with Gasteiger partial charge in [-0.05, 0) is 25.2 Å². The van der Waals surface area contributed by atoms with Crippen molar-refractivity contribution in [3.63, 3.8) is 0 Å². The largest absolute Gasteiger partial charge is 0.480 e. The number of nitrogens with zero attached hydrogens (tertiary/aromatic N) is 1. The average molecular weight is 239 g/mol. The summed E-state index contributed by atoms with van der Waals surface area (Å²) in [7, 11) is 0. The zero-order chi connectivity index (χ0) is 12.4. The first-order chi connectivity index (χ1) is 8.09. The Morgan fingerprint density at radius 1 is 1.24 bits per heavy atom. The molecule has 2 aliphatic carbocycles. The van der Waals surface area contributed by atoms with Gasteiger partial charge in [0, 0.05) is 12.0 Å². The molecule has 0 aromatic carbocycles. The van der Waals surface area contributed by atoms with E-state index in [4.69, 9.17) is 5.11 Å². The van der Waals surface area contributed by atoms with E-state index in [1.54, 1.807) is 4.90 Å². The smallest absolute Gasteiger partial charge is 0.323 e. The lowest BCUT2D eigenvalue weighted by Gasteiger charge is -2.33. The molecule has 2 rings (SSSR count). The van der Waals surface area contributed by atoms with Gasteiger partial charge < -0.3 is 10.0 Å². The number of amides is 1. The highest BCUT2D eigenvalue weighted by Crippen LogP contribution is 2.40. The molecule has 0 aliphatic heterocycles. The highest BCUT2D eigenvalue weighted by atomic mass is 16.4. The van der Waals surface area contributed by atoms with Crippen LogP contribution in [-0.4, -0.2) is 34.5 Å². The van der Waals surface area contributed by atoms with E-state index in [9.17, 15) is 9.59 Å². The first kappa shape index (κ1) is 12.4. The van der Waals surface area contributed by atoms with Gasteiger partial charge in [-0.25, -0.2) is 0 Å². The van der Waals surface area contributed by atoms with Crippen LogP contribution in [0.15, 0.2) is 0 Å². The van der Waals surface area contributed by atoms with Crippen molar-refractivity contribution in [3.8, 4) is 0 Å². The molecule has 2 atom stereocenters. The predicted molar refractivity (Wildman–Crippen MR) is 63.5 cm³/mol. The van der Waals surface area contributed by atoms with Crippen molar-refractivity contribution >= 4 is 11.9 Å². The van der Waals surface area contributed by atoms with Crippen LogP contribution >= 0.6 is 0 Å². The zero-order valence-electron chi connectivity index (χ0n) is 10.4. The second-order valence-corrected chi connectivity index (χ2v) is 5.47. The molecule has 0 heterocycles. The van der Waals surface area contributed by atoms with Gasteiger partial charge in [0.1, 0.15) is 6.54 Å². The lowest BCUT2D eigenvalue weighted by Crippen LogP contribution is -2.45. The highest BCUT2D eigenvalue weighted by molar-refractivity contribution is 5.85. The van der Waals surface area contributed by atoms with Gasteiger partial charge in [-0.2, -0.15) is 0 Å². The van der Waals surface area contributed by atoms with Crippen molar-refractivity contribution in [2.75, 3.05) is 6.54 Å². The molecule has 2 aliphatic rings. The summed E-state index contributed by atoms with van der Waals surface area (Å²) >= 11 is 0. The molecule has 0 unspecified atom stereocenters. The van der Waals surface area contributed by atoms with Crippen molar-refractivity contribution in [2.45, 2.75) is 51.5 Å². The van der Waals surface area contributed by atoms with E-state index < -0.39 is 5.97 Å². The summed E-state index contributed by atoms with van der Waals surface area (Å²) < 4.78 is 0. The van der Waals surface area contributed by atoms with Gasteiger partial charge in [-0.3, -0.25) is 9.59 Å². The Kier molecular flexibility index (Phi) is 3.69. The van der Waals surface area contributed by atoms with Gasteiger partial charge in [0.2, 0.25) is 5.91 Å². The van der Waals surface area contributed by atoms with Gasteiger partial charge in [0.25, 0.3) is 0 Å². The molecule has 17 heavy (non-hydrogen) atoms. The minimum atomic E-state index is -0.891. The summed E-state index contributed by atoms with van der Waals surface area (Å²) in [6, 6.07) is 0.167. The van der Waals surface area contributed by atoms with Gasteiger partial charge in [-0.1, -0.05) is 26.2 Å². The normalized spacial score (nSPS) is 28.8. The van der Waals surface area contributed by atoms with E-state index in [0.717, 1.165) is 32.1 Å². The van der Waals surface area contributed by atoms with Crippen LogP contribution in [0.5, 0.6) is 0 Å². The molecule has 0 bridgehead atoms. The molecule has 0 saturated heterocycles. The molecule has 0 aromatic heterocycles. The summed E-state index contributed by atoms with van der Waals surface area (Å²) in [4.78, 5) is 24.7. The van der Waals surface area contributed by atoms with Crippen LogP contribution in [0.3, 0.4) is 0 Å². The van der Waals surface area contributed by atoms with Gasteiger partial charge >= 0.3 is 5.97 Å². The van der Waals surface area contributed by atoms with E-state index in [2.05, 4.69) is 6.92 Å².